The minimum atomic E-state index is 0.394. The van der Waals surface area contributed by atoms with Gasteiger partial charge in [-0.15, -0.1) is 10.2 Å². The Morgan fingerprint density at radius 1 is 0.864 bits per heavy atom. The Balaban J connectivity index is 1.93. The van der Waals surface area contributed by atoms with Gasteiger partial charge in [-0.1, -0.05) is 68.4 Å². The molecule has 0 amide bonds. The summed E-state index contributed by atoms with van der Waals surface area (Å²) >= 11 is 0. The molecule has 0 fully saturated rings. The molecule has 3 rings (SSSR count). The van der Waals surface area contributed by atoms with Crippen molar-refractivity contribution in [3.8, 4) is 11.4 Å². The molecule has 0 N–H and O–H groups in total. The number of benzene rings is 2. The Hall–Kier alpha value is -2.49. The highest BCUT2D eigenvalue weighted by molar-refractivity contribution is 5.55. The van der Waals surface area contributed by atoms with E-state index in [4.69, 9.17) is 0 Å². The zero-order valence-electron chi connectivity index (χ0n) is 13.1. The second-order valence-electron chi connectivity index (χ2n) is 5.86. The maximum Gasteiger partial charge on any atom is 0.204 e. The van der Waals surface area contributed by atoms with Crippen LogP contribution in [0.2, 0.25) is 0 Å². The molecular formula is C18H20N4. The van der Waals surface area contributed by atoms with Crippen LogP contribution in [-0.2, 0) is 7.05 Å². The van der Waals surface area contributed by atoms with E-state index in [2.05, 4.69) is 83.9 Å². The lowest BCUT2D eigenvalue weighted by Crippen LogP contribution is -2.08. The Morgan fingerprint density at radius 3 is 2.05 bits per heavy atom. The van der Waals surface area contributed by atoms with Crippen LogP contribution < -0.4 is 0 Å². The third-order valence-corrected chi connectivity index (χ3v) is 3.86. The molecule has 22 heavy (non-hydrogen) atoms. The van der Waals surface area contributed by atoms with Crippen molar-refractivity contribution >= 4 is 0 Å². The summed E-state index contributed by atoms with van der Waals surface area (Å²) in [6.07, 6.45) is 0. The molecule has 0 saturated heterocycles. The van der Waals surface area contributed by atoms with Gasteiger partial charge in [-0.25, -0.2) is 0 Å². The summed E-state index contributed by atoms with van der Waals surface area (Å²) in [6, 6.07) is 19.1. The van der Waals surface area contributed by atoms with E-state index in [9.17, 15) is 0 Å². The predicted octanol–water partition coefficient (Wildman–Crippen LogP) is 3.67. The van der Waals surface area contributed by atoms with Crippen molar-refractivity contribution in [2.24, 2.45) is 13.0 Å². The summed E-state index contributed by atoms with van der Waals surface area (Å²) in [4.78, 5) is 1.48. The molecule has 0 aliphatic heterocycles. The van der Waals surface area contributed by atoms with E-state index >= 15 is 0 Å². The summed E-state index contributed by atoms with van der Waals surface area (Å²) < 4.78 is 0. The zero-order chi connectivity index (χ0) is 15.5. The van der Waals surface area contributed by atoms with Gasteiger partial charge in [0, 0.05) is 11.5 Å². The van der Waals surface area contributed by atoms with Crippen LogP contribution in [-0.4, -0.2) is 20.2 Å². The quantitative estimate of drug-likeness (QED) is 0.737. The monoisotopic (exact) mass is 292 g/mol. The van der Waals surface area contributed by atoms with Gasteiger partial charge in [-0.05, 0) is 22.3 Å². The average Bonchev–Trinajstić information content (AvgIpc) is 2.95. The topological polar surface area (TPSA) is 43.6 Å². The maximum atomic E-state index is 4.24. The van der Waals surface area contributed by atoms with E-state index in [1.165, 1.54) is 15.9 Å². The van der Waals surface area contributed by atoms with Crippen molar-refractivity contribution in [1.29, 1.82) is 0 Å². The molecule has 0 aliphatic rings. The van der Waals surface area contributed by atoms with Gasteiger partial charge < -0.3 is 0 Å². The lowest BCUT2D eigenvalue weighted by atomic mass is 9.82. The molecule has 1 unspecified atom stereocenters. The number of tetrazole rings is 1. The third-order valence-electron chi connectivity index (χ3n) is 3.86. The van der Waals surface area contributed by atoms with E-state index in [0.717, 1.165) is 5.56 Å². The minimum Gasteiger partial charge on any atom is -0.167 e. The highest BCUT2D eigenvalue weighted by Gasteiger charge is 2.18. The molecule has 0 radical (unpaired) electrons. The van der Waals surface area contributed by atoms with E-state index in [1.54, 1.807) is 7.05 Å². The molecule has 1 atom stereocenters. The smallest absolute Gasteiger partial charge is 0.167 e. The van der Waals surface area contributed by atoms with Gasteiger partial charge in [0.1, 0.15) is 0 Å². The van der Waals surface area contributed by atoms with Gasteiger partial charge >= 0.3 is 0 Å². The molecule has 0 aliphatic carbocycles. The molecule has 1 heterocycles. The third kappa shape index (κ3) is 2.91. The number of nitrogens with zero attached hydrogens (tertiary/aromatic N) is 4. The lowest BCUT2D eigenvalue weighted by molar-refractivity contribution is 0.564. The molecule has 0 saturated carbocycles. The molecule has 1 aromatic heterocycles. The molecular weight excluding hydrogens is 272 g/mol. The normalized spacial score (nSPS) is 12.5. The molecule has 112 valence electrons. The molecule has 4 heteroatoms. The fourth-order valence-electron chi connectivity index (χ4n) is 2.86. The highest BCUT2D eigenvalue weighted by Crippen LogP contribution is 2.32. The van der Waals surface area contributed by atoms with E-state index in [1.807, 2.05) is 0 Å². The van der Waals surface area contributed by atoms with Crippen molar-refractivity contribution < 1.29 is 0 Å². The number of hydrogen-bond acceptors (Lipinski definition) is 3. The van der Waals surface area contributed by atoms with E-state index < -0.39 is 0 Å². The molecule has 2 aromatic carbocycles. The van der Waals surface area contributed by atoms with Crippen molar-refractivity contribution in [1.82, 2.24) is 20.2 Å². The Labute approximate surface area is 130 Å². The van der Waals surface area contributed by atoms with Gasteiger partial charge in [-0.3, -0.25) is 0 Å². The maximum absolute atomic E-state index is 4.24. The number of hydrogen-bond donors (Lipinski definition) is 0. The average molecular weight is 292 g/mol. The summed E-state index contributed by atoms with van der Waals surface area (Å²) in [5.41, 5.74) is 3.66. The standard InChI is InChI=1S/C18H20N4/c1-13(2)17(14-7-5-4-6-8-14)15-9-11-16(12-10-15)18-19-21-22(3)20-18/h4-13,17H,1-3H3. The molecule has 3 aromatic rings. The van der Waals surface area contributed by atoms with Crippen molar-refractivity contribution in [2.45, 2.75) is 19.8 Å². The van der Waals surface area contributed by atoms with Crippen molar-refractivity contribution in [3.05, 3.63) is 65.7 Å². The Bertz CT molecular complexity index is 729. The molecule has 4 nitrogen and oxygen atoms in total. The second-order valence-corrected chi connectivity index (χ2v) is 5.86. The van der Waals surface area contributed by atoms with Gasteiger partial charge in [0.05, 0.1) is 7.05 Å². The first-order chi connectivity index (χ1) is 10.6. The first-order valence-electron chi connectivity index (χ1n) is 7.54. The van der Waals surface area contributed by atoms with Crippen LogP contribution in [0.15, 0.2) is 54.6 Å². The number of aromatic nitrogens is 4. The largest absolute Gasteiger partial charge is 0.204 e. The van der Waals surface area contributed by atoms with Gasteiger partial charge in [0.15, 0.2) is 0 Å². The Kier molecular flexibility index (Phi) is 4.00. The van der Waals surface area contributed by atoms with Crippen LogP contribution in [0.1, 0.15) is 30.9 Å². The van der Waals surface area contributed by atoms with Gasteiger partial charge in [0.2, 0.25) is 5.82 Å². The summed E-state index contributed by atoms with van der Waals surface area (Å²) in [7, 11) is 1.77. The van der Waals surface area contributed by atoms with Crippen LogP contribution in [0.3, 0.4) is 0 Å². The second kappa shape index (κ2) is 6.10. The van der Waals surface area contributed by atoms with Gasteiger partial charge in [0.25, 0.3) is 0 Å². The summed E-state index contributed by atoms with van der Waals surface area (Å²) in [5, 5.41) is 12.2. The van der Waals surface area contributed by atoms with Crippen LogP contribution in [0.25, 0.3) is 11.4 Å². The van der Waals surface area contributed by atoms with E-state index in [-0.39, 0.29) is 0 Å². The van der Waals surface area contributed by atoms with Crippen LogP contribution in [0.4, 0.5) is 0 Å². The van der Waals surface area contributed by atoms with Crippen LogP contribution in [0.5, 0.6) is 0 Å². The van der Waals surface area contributed by atoms with Crippen LogP contribution >= 0.6 is 0 Å². The molecule has 0 bridgehead atoms. The van der Waals surface area contributed by atoms with Crippen molar-refractivity contribution in [3.63, 3.8) is 0 Å². The summed E-state index contributed by atoms with van der Waals surface area (Å²) in [5.74, 6) is 1.59. The highest BCUT2D eigenvalue weighted by atomic mass is 15.6. The molecule has 0 spiro atoms. The van der Waals surface area contributed by atoms with Crippen molar-refractivity contribution in [2.75, 3.05) is 0 Å². The Morgan fingerprint density at radius 2 is 1.50 bits per heavy atom. The number of rotatable bonds is 4. The fraction of sp³-hybridized carbons (Fsp3) is 0.278. The van der Waals surface area contributed by atoms with E-state index in [0.29, 0.717) is 17.7 Å². The van der Waals surface area contributed by atoms with Gasteiger partial charge in [-0.2, -0.15) is 4.80 Å². The fourth-order valence-corrected chi connectivity index (χ4v) is 2.86. The first kappa shape index (κ1) is 14.4. The SMILES string of the molecule is CC(C)C(c1ccccc1)c1ccc(-c2nnn(C)n2)cc1. The number of aryl methyl sites for hydroxylation is 1. The predicted molar refractivity (Wildman–Crippen MR) is 87.4 cm³/mol. The van der Waals surface area contributed by atoms with Crippen LogP contribution in [0, 0.1) is 5.92 Å². The summed E-state index contributed by atoms with van der Waals surface area (Å²) in [6.45, 7) is 4.52. The first-order valence-corrected chi connectivity index (χ1v) is 7.54. The lowest BCUT2D eigenvalue weighted by Gasteiger charge is -2.22. The minimum absolute atomic E-state index is 0.394. The zero-order valence-corrected chi connectivity index (χ0v) is 13.1.